The number of aliphatic carboxylic acids is 1. The fraction of sp³-hybridized carbons (Fsp3) is 0.750. The van der Waals surface area contributed by atoms with E-state index in [1.54, 1.807) is 5.82 Å². The van der Waals surface area contributed by atoms with E-state index in [-0.39, 0.29) is 0 Å². The van der Waals surface area contributed by atoms with Gasteiger partial charge in [-0.3, -0.25) is 4.79 Å². The Morgan fingerprint density at radius 1 is 1.44 bits per heavy atom. The van der Waals surface area contributed by atoms with Crippen LogP contribution in [0.15, 0.2) is 11.4 Å². The minimum atomic E-state index is -2.86. The van der Waals surface area contributed by atoms with Crippen molar-refractivity contribution in [3.63, 3.8) is 0 Å². The summed E-state index contributed by atoms with van der Waals surface area (Å²) in [4.78, 5) is 30.0. The van der Waals surface area contributed by atoms with Crippen molar-refractivity contribution in [3.8, 4) is 0 Å². The summed E-state index contributed by atoms with van der Waals surface area (Å²) in [6.07, 6.45) is 3.36. The van der Waals surface area contributed by atoms with Crippen LogP contribution >= 0.6 is 7.72 Å². The molecule has 2 aliphatic rings. The lowest BCUT2D eigenvalue weighted by atomic mass is 9.72. The summed E-state index contributed by atoms with van der Waals surface area (Å²) < 4.78 is 0. The minimum absolute atomic E-state index is 0.360. The number of hydrogen-bond donors (Lipinski definition) is 4. The van der Waals surface area contributed by atoms with Gasteiger partial charge in [0.15, 0.2) is 0 Å². The van der Waals surface area contributed by atoms with Crippen molar-refractivity contribution in [2.45, 2.75) is 31.7 Å². The molecule has 18 heavy (non-hydrogen) atoms. The van der Waals surface area contributed by atoms with Crippen LogP contribution in [0.4, 0.5) is 0 Å². The number of carboxylic acid groups (broad SMARTS) is 1. The van der Waals surface area contributed by atoms with Gasteiger partial charge in [-0.1, -0.05) is 0 Å². The van der Waals surface area contributed by atoms with Gasteiger partial charge in [-0.2, -0.15) is 0 Å². The number of carboxylic acids is 1. The predicted octanol–water partition coefficient (Wildman–Crippen LogP) is 1.20. The normalized spacial score (nSPS) is 35.3. The van der Waals surface area contributed by atoms with Crippen LogP contribution in [-0.2, 0) is 4.79 Å². The second-order valence-electron chi connectivity index (χ2n) is 5.56. The average Bonchev–Trinajstić information content (AvgIpc) is 2.25. The van der Waals surface area contributed by atoms with Crippen LogP contribution in [0.5, 0.6) is 0 Å². The zero-order valence-electron chi connectivity index (χ0n) is 10.5. The van der Waals surface area contributed by atoms with Gasteiger partial charge >= 0.3 is 5.97 Å². The van der Waals surface area contributed by atoms with Crippen LogP contribution in [0.1, 0.15) is 25.7 Å². The molecule has 0 aromatic heterocycles. The first kappa shape index (κ1) is 13.9. The molecular weight excluding hydrogens is 253 g/mol. The first-order chi connectivity index (χ1) is 8.35. The molecule has 3 unspecified atom stereocenters. The molecule has 0 aromatic rings. The Bertz CT molecular complexity index is 364. The van der Waals surface area contributed by atoms with E-state index < -0.39 is 19.7 Å². The molecule has 6 heteroatoms. The number of hydrogen-bond acceptors (Lipinski definition) is 4. The number of rotatable bonds is 2. The van der Waals surface area contributed by atoms with E-state index in [1.165, 1.54) is 6.66 Å². The molecule has 102 valence electrons. The van der Waals surface area contributed by atoms with Gasteiger partial charge in [-0.25, -0.2) is 9.79 Å². The number of fused-ring (bicyclic) bond motifs is 1. The minimum Gasteiger partial charge on any atom is -0.480 e. The molecular formula is C12H21NO4P+. The van der Waals surface area contributed by atoms with Crippen molar-refractivity contribution in [1.82, 2.24) is 5.32 Å². The van der Waals surface area contributed by atoms with Crippen molar-refractivity contribution in [2.24, 2.45) is 11.8 Å². The maximum Gasteiger partial charge on any atom is 0.320 e. The Balaban J connectivity index is 2.02. The lowest BCUT2D eigenvalue weighted by Crippen LogP contribution is -2.48. The highest BCUT2D eigenvalue weighted by Crippen LogP contribution is 2.50. The number of nitrogens with one attached hydrogen (secondary N) is 1. The second-order valence-corrected chi connectivity index (χ2v) is 7.78. The first-order valence-electron chi connectivity index (χ1n) is 6.33. The molecule has 2 fully saturated rings. The number of piperidine rings is 1. The summed E-state index contributed by atoms with van der Waals surface area (Å²) in [5.41, 5.74) is 1.09. The largest absolute Gasteiger partial charge is 0.480 e. The Morgan fingerprint density at radius 2 is 2.17 bits per heavy atom. The van der Waals surface area contributed by atoms with Crippen LogP contribution in [0.3, 0.4) is 0 Å². The maximum atomic E-state index is 11.0. The molecule has 0 radical (unpaired) electrons. The van der Waals surface area contributed by atoms with E-state index in [0.29, 0.717) is 18.3 Å². The van der Waals surface area contributed by atoms with Gasteiger partial charge in [-0.15, -0.1) is 0 Å². The van der Waals surface area contributed by atoms with Gasteiger partial charge < -0.3 is 10.4 Å². The summed E-state index contributed by atoms with van der Waals surface area (Å²) in [5.74, 6) is 1.71. The van der Waals surface area contributed by atoms with Gasteiger partial charge in [0, 0.05) is 0 Å². The Labute approximate surface area is 107 Å². The number of carbonyl (C=O) groups is 1. The van der Waals surface area contributed by atoms with E-state index >= 15 is 0 Å². The Kier molecular flexibility index (Phi) is 4.07. The summed E-state index contributed by atoms with van der Waals surface area (Å²) in [6, 6.07) is -0.449. The molecule has 0 spiro atoms. The molecule has 1 heterocycles. The molecule has 1 aliphatic heterocycles. The smallest absolute Gasteiger partial charge is 0.320 e. The topological polar surface area (TPSA) is 89.8 Å². The van der Waals surface area contributed by atoms with E-state index in [1.807, 2.05) is 0 Å². The van der Waals surface area contributed by atoms with Crippen molar-refractivity contribution in [3.05, 3.63) is 11.4 Å². The zero-order chi connectivity index (χ0) is 13.3. The maximum absolute atomic E-state index is 11.0. The first-order valence-corrected chi connectivity index (χ1v) is 8.55. The van der Waals surface area contributed by atoms with Gasteiger partial charge in [0.25, 0.3) is 7.72 Å². The van der Waals surface area contributed by atoms with Crippen LogP contribution in [0.2, 0.25) is 0 Å². The van der Waals surface area contributed by atoms with Crippen molar-refractivity contribution in [2.75, 3.05) is 13.2 Å². The molecule has 2 rings (SSSR count). The fourth-order valence-corrected chi connectivity index (χ4v) is 4.01. The molecule has 3 atom stereocenters. The SMILES string of the molecule is C[P+](O)(O)/C=C1\CCC2CNC(C(=O)O)CC2C1. The lowest BCUT2D eigenvalue weighted by Gasteiger charge is -2.39. The van der Waals surface area contributed by atoms with Crippen LogP contribution in [0.25, 0.3) is 0 Å². The highest BCUT2D eigenvalue weighted by Gasteiger charge is 2.37. The predicted molar refractivity (Wildman–Crippen MR) is 70.2 cm³/mol. The number of allylic oxidation sites excluding steroid dienone is 1. The van der Waals surface area contributed by atoms with E-state index in [4.69, 9.17) is 5.11 Å². The monoisotopic (exact) mass is 274 g/mol. The molecule has 0 bridgehead atoms. The third kappa shape index (κ3) is 3.51. The summed E-state index contributed by atoms with van der Waals surface area (Å²) in [7, 11) is -2.86. The Hall–Kier alpha value is -0.480. The van der Waals surface area contributed by atoms with Gasteiger partial charge in [0.05, 0.1) is 0 Å². The molecule has 4 N–H and O–H groups in total. The van der Waals surface area contributed by atoms with Crippen LogP contribution in [0, 0.1) is 11.8 Å². The molecule has 5 nitrogen and oxygen atoms in total. The van der Waals surface area contributed by atoms with Crippen molar-refractivity contribution >= 4 is 13.7 Å². The zero-order valence-corrected chi connectivity index (χ0v) is 11.4. The molecule has 1 saturated heterocycles. The van der Waals surface area contributed by atoms with Gasteiger partial charge in [0.2, 0.25) is 0 Å². The van der Waals surface area contributed by atoms with Crippen LogP contribution < -0.4 is 5.32 Å². The van der Waals surface area contributed by atoms with Crippen molar-refractivity contribution in [1.29, 1.82) is 0 Å². The molecule has 0 aromatic carbocycles. The highest BCUT2D eigenvalue weighted by molar-refractivity contribution is 7.67. The standard InChI is InChI=1S/C12H20NO4P/c1-18(16,17)7-8-2-3-9-6-13-11(12(14)15)5-10(9)4-8/h7,9-11,13,16-17H,2-6H2,1H3/p+1/b8-7+. The summed E-state index contributed by atoms with van der Waals surface area (Å²) in [6.45, 7) is 2.22. The Morgan fingerprint density at radius 3 is 2.78 bits per heavy atom. The highest BCUT2D eigenvalue weighted by atomic mass is 31.2. The molecule has 0 amide bonds. The second kappa shape index (κ2) is 5.25. The van der Waals surface area contributed by atoms with Gasteiger partial charge in [-0.05, 0) is 49.6 Å². The van der Waals surface area contributed by atoms with Gasteiger partial charge in [0.1, 0.15) is 18.5 Å². The third-order valence-corrected chi connectivity index (χ3v) is 4.77. The molecule has 1 saturated carbocycles. The average molecular weight is 274 g/mol. The van der Waals surface area contributed by atoms with Crippen LogP contribution in [-0.4, -0.2) is 40.1 Å². The quantitative estimate of drug-likeness (QED) is 0.568. The van der Waals surface area contributed by atoms with E-state index in [9.17, 15) is 14.6 Å². The third-order valence-electron chi connectivity index (χ3n) is 3.92. The summed E-state index contributed by atoms with van der Waals surface area (Å²) in [5, 5.41) is 12.1. The lowest BCUT2D eigenvalue weighted by molar-refractivity contribution is -0.141. The van der Waals surface area contributed by atoms with Crippen molar-refractivity contribution < 1.29 is 19.7 Å². The fourth-order valence-electron chi connectivity index (χ4n) is 3.09. The van der Waals surface area contributed by atoms with E-state index in [0.717, 1.165) is 31.4 Å². The van der Waals surface area contributed by atoms with E-state index in [2.05, 4.69) is 5.32 Å². The summed E-state index contributed by atoms with van der Waals surface area (Å²) >= 11 is 0. The molecule has 1 aliphatic carbocycles.